The monoisotopic (exact) mass is 396 g/mol. The lowest BCUT2D eigenvalue weighted by Crippen LogP contribution is -2.35. The molecule has 1 heterocycles. The van der Waals surface area contributed by atoms with E-state index in [0.717, 1.165) is 19.3 Å². The van der Waals surface area contributed by atoms with Crippen LogP contribution in [0.4, 0.5) is 5.69 Å². The van der Waals surface area contributed by atoms with Gasteiger partial charge < -0.3 is 14.8 Å². The number of ether oxygens (including phenoxy) is 1. The van der Waals surface area contributed by atoms with Crippen LogP contribution in [-0.2, 0) is 29.1 Å². The highest BCUT2D eigenvalue weighted by Crippen LogP contribution is 2.22. The lowest BCUT2D eigenvalue weighted by molar-refractivity contribution is -0.148. The Balaban J connectivity index is 1.94. The second kappa shape index (κ2) is 9.61. The molecule has 1 amide bonds. The smallest absolute Gasteiger partial charge is 0.306 e. The third-order valence-electron chi connectivity index (χ3n) is 4.12. The van der Waals surface area contributed by atoms with Crippen LogP contribution in [0.1, 0.15) is 39.0 Å². The van der Waals surface area contributed by atoms with E-state index in [2.05, 4.69) is 5.32 Å². The van der Waals surface area contributed by atoms with Crippen molar-refractivity contribution in [2.75, 3.05) is 25.0 Å². The number of hydrogen-bond acceptors (Lipinski definition) is 6. The summed E-state index contributed by atoms with van der Waals surface area (Å²) in [7, 11) is -3.60. The molecule has 1 aromatic rings. The number of sulfonamides is 1. The molecule has 27 heavy (non-hydrogen) atoms. The van der Waals surface area contributed by atoms with Crippen LogP contribution < -0.4 is 5.32 Å². The molecule has 0 radical (unpaired) electrons. The number of Topliss-reactive ketones (excluding diaryl/α,β-unsaturated/α-hetero) is 1. The average molecular weight is 396 g/mol. The number of carbonyl (C=O) groups excluding carboxylic acids is 3. The minimum Gasteiger partial charge on any atom is -0.456 e. The summed E-state index contributed by atoms with van der Waals surface area (Å²) in [6.07, 6.45) is 2.69. The van der Waals surface area contributed by atoms with Gasteiger partial charge in [-0.05, 0) is 38.0 Å². The fraction of sp³-hybridized carbons (Fsp3) is 0.500. The van der Waals surface area contributed by atoms with Crippen LogP contribution in [0.5, 0.6) is 0 Å². The van der Waals surface area contributed by atoms with Crippen LogP contribution in [0.3, 0.4) is 0 Å². The summed E-state index contributed by atoms with van der Waals surface area (Å²) in [5.41, 5.74) is 0.304. The molecule has 0 bridgehead atoms. The van der Waals surface area contributed by atoms with Crippen LogP contribution in [0.15, 0.2) is 29.2 Å². The first kappa shape index (κ1) is 21.0. The quantitative estimate of drug-likeness (QED) is 0.670. The number of benzene rings is 1. The Labute approximate surface area is 158 Å². The Kier molecular flexibility index (Phi) is 7.49. The van der Waals surface area contributed by atoms with Gasteiger partial charge in [0.2, 0.25) is 10.0 Å². The first-order chi connectivity index (χ1) is 12.8. The van der Waals surface area contributed by atoms with Gasteiger partial charge in [0.1, 0.15) is 5.78 Å². The molecule has 1 N–H and O–H groups in total. The normalized spacial score (nSPS) is 15.1. The second-order valence-electron chi connectivity index (χ2n) is 6.40. The first-order valence-electron chi connectivity index (χ1n) is 8.84. The molecule has 0 spiro atoms. The van der Waals surface area contributed by atoms with Crippen molar-refractivity contribution in [3.05, 3.63) is 24.3 Å². The van der Waals surface area contributed by atoms with Crippen molar-refractivity contribution in [3.63, 3.8) is 0 Å². The Bertz CT molecular complexity index is 800. The van der Waals surface area contributed by atoms with Gasteiger partial charge in [-0.2, -0.15) is 4.31 Å². The maximum Gasteiger partial charge on any atom is 0.306 e. The zero-order chi connectivity index (χ0) is 19.9. The molecular weight excluding hydrogens is 372 g/mol. The number of nitrogens with one attached hydrogen (secondary N) is 1. The molecule has 148 valence electrons. The van der Waals surface area contributed by atoms with E-state index < -0.39 is 28.5 Å². The summed E-state index contributed by atoms with van der Waals surface area (Å²) in [6, 6.07) is 5.98. The number of amides is 1. The third-order valence-corrected chi connectivity index (χ3v) is 6.01. The molecule has 1 aliphatic heterocycles. The van der Waals surface area contributed by atoms with E-state index >= 15 is 0 Å². The summed E-state index contributed by atoms with van der Waals surface area (Å²) in [6.45, 7) is 1.86. The highest BCUT2D eigenvalue weighted by Gasteiger charge is 2.26. The Hall–Kier alpha value is -2.26. The van der Waals surface area contributed by atoms with E-state index in [9.17, 15) is 22.8 Å². The van der Waals surface area contributed by atoms with Crippen molar-refractivity contribution in [1.82, 2.24) is 4.31 Å². The standard InChI is InChI=1S/C18H24N2O6S/c1-14(21)8-9-18(23)26-13-17(22)19-15-6-5-7-16(12-15)27(24,25)20-10-3-2-4-11-20/h5-7,12H,2-4,8-11,13H2,1H3,(H,19,22). The van der Waals surface area contributed by atoms with Gasteiger partial charge in [0.05, 0.1) is 11.3 Å². The van der Waals surface area contributed by atoms with Crippen molar-refractivity contribution >= 4 is 33.4 Å². The zero-order valence-electron chi connectivity index (χ0n) is 15.3. The van der Waals surface area contributed by atoms with Gasteiger partial charge in [-0.15, -0.1) is 0 Å². The van der Waals surface area contributed by atoms with E-state index in [0.29, 0.717) is 18.8 Å². The number of piperidine rings is 1. The molecule has 0 unspecified atom stereocenters. The number of anilines is 1. The fourth-order valence-electron chi connectivity index (χ4n) is 2.68. The number of esters is 1. The predicted molar refractivity (Wildman–Crippen MR) is 98.6 cm³/mol. The molecule has 0 saturated carbocycles. The number of carbonyl (C=O) groups is 3. The van der Waals surface area contributed by atoms with Crippen LogP contribution in [0.2, 0.25) is 0 Å². The lowest BCUT2D eigenvalue weighted by atomic mass is 10.2. The van der Waals surface area contributed by atoms with Crippen LogP contribution in [0.25, 0.3) is 0 Å². The summed E-state index contributed by atoms with van der Waals surface area (Å²) in [5, 5.41) is 2.51. The zero-order valence-corrected chi connectivity index (χ0v) is 16.1. The van der Waals surface area contributed by atoms with Crippen LogP contribution in [-0.4, -0.2) is 50.1 Å². The largest absolute Gasteiger partial charge is 0.456 e. The van der Waals surface area contributed by atoms with E-state index in [-0.39, 0.29) is 23.5 Å². The number of ketones is 1. The lowest BCUT2D eigenvalue weighted by Gasteiger charge is -2.26. The summed E-state index contributed by atoms with van der Waals surface area (Å²) >= 11 is 0. The minimum atomic E-state index is -3.60. The minimum absolute atomic E-state index is 0.0663. The van der Waals surface area contributed by atoms with Crippen molar-refractivity contribution < 1.29 is 27.5 Å². The predicted octanol–water partition coefficient (Wildman–Crippen LogP) is 1.71. The number of rotatable bonds is 8. The summed E-state index contributed by atoms with van der Waals surface area (Å²) in [5.74, 6) is -1.36. The molecule has 1 aromatic carbocycles. The van der Waals surface area contributed by atoms with Gasteiger partial charge in [0.25, 0.3) is 5.91 Å². The maximum atomic E-state index is 12.7. The average Bonchev–Trinajstić information content (AvgIpc) is 2.65. The van der Waals surface area contributed by atoms with Crippen LogP contribution >= 0.6 is 0 Å². The molecule has 8 nitrogen and oxygen atoms in total. The first-order valence-corrected chi connectivity index (χ1v) is 10.3. The summed E-state index contributed by atoms with van der Waals surface area (Å²) in [4.78, 5) is 34.3. The van der Waals surface area contributed by atoms with Crippen molar-refractivity contribution in [1.29, 1.82) is 0 Å². The Morgan fingerprint density at radius 1 is 1.11 bits per heavy atom. The van der Waals surface area contributed by atoms with Crippen molar-refractivity contribution in [3.8, 4) is 0 Å². The van der Waals surface area contributed by atoms with E-state index in [4.69, 9.17) is 4.74 Å². The number of nitrogens with zero attached hydrogens (tertiary/aromatic N) is 1. The molecule has 0 aromatic heterocycles. The molecule has 1 fully saturated rings. The number of hydrogen-bond donors (Lipinski definition) is 1. The van der Waals surface area contributed by atoms with Gasteiger partial charge in [-0.25, -0.2) is 8.42 Å². The second-order valence-corrected chi connectivity index (χ2v) is 8.34. The molecule has 1 saturated heterocycles. The van der Waals surface area contributed by atoms with E-state index in [1.165, 1.54) is 23.4 Å². The van der Waals surface area contributed by atoms with Crippen molar-refractivity contribution in [2.45, 2.75) is 43.9 Å². The molecule has 0 aliphatic carbocycles. The Morgan fingerprint density at radius 3 is 2.48 bits per heavy atom. The maximum absolute atomic E-state index is 12.7. The van der Waals surface area contributed by atoms with Gasteiger partial charge in [-0.3, -0.25) is 9.59 Å². The molecule has 2 rings (SSSR count). The SMILES string of the molecule is CC(=O)CCC(=O)OCC(=O)Nc1cccc(S(=O)(=O)N2CCCCC2)c1. The molecule has 1 aliphatic rings. The highest BCUT2D eigenvalue weighted by molar-refractivity contribution is 7.89. The third kappa shape index (κ3) is 6.44. The van der Waals surface area contributed by atoms with Crippen LogP contribution in [0, 0.1) is 0 Å². The van der Waals surface area contributed by atoms with E-state index in [1.54, 1.807) is 12.1 Å². The van der Waals surface area contributed by atoms with Gasteiger partial charge in [-0.1, -0.05) is 12.5 Å². The topological polar surface area (TPSA) is 110 Å². The molecule has 9 heteroatoms. The Morgan fingerprint density at radius 2 is 1.81 bits per heavy atom. The molecule has 0 atom stereocenters. The van der Waals surface area contributed by atoms with Crippen molar-refractivity contribution in [2.24, 2.45) is 0 Å². The summed E-state index contributed by atoms with van der Waals surface area (Å²) < 4.78 is 31.6. The fourth-order valence-corrected chi connectivity index (χ4v) is 4.25. The van der Waals surface area contributed by atoms with Gasteiger partial charge >= 0.3 is 5.97 Å². The highest BCUT2D eigenvalue weighted by atomic mass is 32.2. The molecular formula is C18H24N2O6S. The van der Waals surface area contributed by atoms with E-state index in [1.807, 2.05) is 0 Å². The van der Waals surface area contributed by atoms with Gasteiger partial charge in [0.15, 0.2) is 6.61 Å². The van der Waals surface area contributed by atoms with Gasteiger partial charge in [0, 0.05) is 25.2 Å².